The number of carboxylic acid groups (broad SMARTS) is 1. The van der Waals surface area contributed by atoms with Crippen LogP contribution in [0.5, 0.6) is 0 Å². The molecule has 0 aliphatic carbocycles. The van der Waals surface area contributed by atoms with Crippen LogP contribution in [0.15, 0.2) is 0 Å². The van der Waals surface area contributed by atoms with Crippen molar-refractivity contribution >= 4 is 23.4 Å². The summed E-state index contributed by atoms with van der Waals surface area (Å²) in [5.41, 5.74) is 0. The van der Waals surface area contributed by atoms with E-state index in [9.17, 15) is 9.59 Å². The summed E-state index contributed by atoms with van der Waals surface area (Å²) in [4.78, 5) is 20.3. The van der Waals surface area contributed by atoms with E-state index in [2.05, 4.69) is 6.92 Å². The SMILES string of the molecule is CCCCCCCCC(Cl)(C(C)=O)C(=O)O. The van der Waals surface area contributed by atoms with Crippen LogP contribution in [-0.2, 0) is 9.59 Å². The number of carboxylic acids is 1. The largest absolute Gasteiger partial charge is 0.480 e. The van der Waals surface area contributed by atoms with Gasteiger partial charge in [0.15, 0.2) is 10.7 Å². The number of carbonyl (C=O) groups excluding carboxylic acids is 1. The van der Waals surface area contributed by atoms with Gasteiger partial charge < -0.3 is 5.11 Å². The quantitative estimate of drug-likeness (QED) is 0.387. The molecule has 0 heterocycles. The van der Waals surface area contributed by atoms with Crippen LogP contribution in [0, 0.1) is 0 Å². The lowest BCUT2D eigenvalue weighted by Gasteiger charge is -2.18. The van der Waals surface area contributed by atoms with E-state index in [-0.39, 0.29) is 6.42 Å². The Morgan fingerprint density at radius 1 is 1.12 bits per heavy atom. The van der Waals surface area contributed by atoms with Crippen molar-refractivity contribution in [1.29, 1.82) is 0 Å². The molecule has 0 spiro atoms. The molecule has 1 N–H and O–H groups in total. The number of carbonyl (C=O) groups is 2. The first-order valence-corrected chi connectivity index (χ1v) is 6.26. The van der Waals surface area contributed by atoms with Crippen LogP contribution < -0.4 is 0 Å². The van der Waals surface area contributed by atoms with Gasteiger partial charge in [0.25, 0.3) is 0 Å². The molecule has 0 rings (SSSR count). The second kappa shape index (κ2) is 7.66. The maximum atomic E-state index is 11.2. The van der Waals surface area contributed by atoms with Crippen LogP contribution >= 0.6 is 11.6 Å². The van der Waals surface area contributed by atoms with Gasteiger partial charge in [0.2, 0.25) is 0 Å². The third kappa shape index (κ3) is 4.97. The van der Waals surface area contributed by atoms with E-state index in [0.29, 0.717) is 6.42 Å². The predicted octanol–water partition coefficient (Wildman–Crippen LogP) is 3.39. The Kier molecular flexibility index (Phi) is 7.39. The van der Waals surface area contributed by atoms with Crippen molar-refractivity contribution in [1.82, 2.24) is 0 Å². The Morgan fingerprint density at radius 2 is 1.62 bits per heavy atom. The second-order valence-corrected chi connectivity index (χ2v) is 4.83. The van der Waals surface area contributed by atoms with E-state index < -0.39 is 16.6 Å². The van der Waals surface area contributed by atoms with Crippen LogP contribution in [0.3, 0.4) is 0 Å². The van der Waals surface area contributed by atoms with Crippen molar-refractivity contribution in [2.45, 2.75) is 63.7 Å². The third-order valence-corrected chi connectivity index (χ3v) is 3.39. The number of aliphatic carboxylic acids is 1. The zero-order valence-corrected chi connectivity index (χ0v) is 10.8. The monoisotopic (exact) mass is 248 g/mol. The molecule has 1 unspecified atom stereocenters. The van der Waals surface area contributed by atoms with Gasteiger partial charge in [0.1, 0.15) is 0 Å². The maximum Gasteiger partial charge on any atom is 0.332 e. The topological polar surface area (TPSA) is 54.4 Å². The van der Waals surface area contributed by atoms with E-state index >= 15 is 0 Å². The zero-order chi connectivity index (χ0) is 12.6. The molecule has 0 bridgehead atoms. The van der Waals surface area contributed by atoms with Crippen LogP contribution in [0.4, 0.5) is 0 Å². The standard InChI is InChI=1S/C12H21ClO3/c1-3-4-5-6-7-8-9-12(13,10(2)14)11(15)16/h3-9H2,1-2H3,(H,15,16). The predicted molar refractivity (Wildman–Crippen MR) is 64.9 cm³/mol. The van der Waals surface area contributed by atoms with Crippen LogP contribution in [0.1, 0.15) is 58.8 Å². The molecule has 0 fully saturated rings. The number of rotatable bonds is 9. The van der Waals surface area contributed by atoms with Gasteiger partial charge in [-0.2, -0.15) is 0 Å². The minimum absolute atomic E-state index is 0.228. The first-order valence-electron chi connectivity index (χ1n) is 5.88. The normalized spacial score (nSPS) is 14.4. The highest BCUT2D eigenvalue weighted by atomic mass is 35.5. The molecule has 0 aromatic heterocycles. The number of Topliss-reactive ketones (excluding diaryl/α,β-unsaturated/α-hetero) is 1. The molecule has 0 aliphatic rings. The first-order chi connectivity index (χ1) is 7.45. The van der Waals surface area contributed by atoms with E-state index in [1.165, 1.54) is 26.2 Å². The number of hydrogen-bond acceptors (Lipinski definition) is 2. The highest BCUT2D eigenvalue weighted by molar-refractivity contribution is 6.45. The lowest BCUT2D eigenvalue weighted by molar-refractivity contribution is -0.144. The molecule has 16 heavy (non-hydrogen) atoms. The smallest absolute Gasteiger partial charge is 0.332 e. The minimum Gasteiger partial charge on any atom is -0.480 e. The minimum atomic E-state index is -1.70. The lowest BCUT2D eigenvalue weighted by Crippen LogP contribution is -2.39. The summed E-state index contributed by atoms with van der Waals surface area (Å²) in [5, 5.41) is 8.89. The van der Waals surface area contributed by atoms with E-state index in [0.717, 1.165) is 12.8 Å². The summed E-state index contributed by atoms with van der Waals surface area (Å²) >= 11 is 5.80. The number of alkyl halides is 1. The average molecular weight is 249 g/mol. The van der Waals surface area contributed by atoms with Gasteiger partial charge in [-0.1, -0.05) is 57.0 Å². The summed E-state index contributed by atoms with van der Waals surface area (Å²) in [6, 6.07) is 0. The number of hydrogen-bond donors (Lipinski definition) is 1. The van der Waals surface area contributed by atoms with Gasteiger partial charge in [0, 0.05) is 0 Å². The zero-order valence-electron chi connectivity index (χ0n) is 10.1. The fourth-order valence-electron chi connectivity index (χ4n) is 1.58. The Bertz CT molecular complexity index is 224. The van der Waals surface area contributed by atoms with Crippen molar-refractivity contribution in [2.24, 2.45) is 0 Å². The van der Waals surface area contributed by atoms with Gasteiger partial charge in [0.05, 0.1) is 0 Å². The molecule has 3 nitrogen and oxygen atoms in total. The maximum absolute atomic E-state index is 11.2. The first kappa shape index (κ1) is 15.4. The lowest BCUT2D eigenvalue weighted by atomic mass is 9.96. The molecule has 0 aliphatic heterocycles. The number of halogens is 1. The highest BCUT2D eigenvalue weighted by Crippen LogP contribution is 2.25. The molecule has 0 saturated carbocycles. The van der Waals surface area contributed by atoms with Crippen molar-refractivity contribution in [3.63, 3.8) is 0 Å². The Labute approximate surface area is 102 Å². The molecule has 0 amide bonds. The molecular formula is C12H21ClO3. The summed E-state index contributed by atoms with van der Waals surface area (Å²) in [6.07, 6.45) is 6.50. The fraction of sp³-hybridized carbons (Fsp3) is 0.833. The van der Waals surface area contributed by atoms with Gasteiger partial charge in [-0.25, -0.2) is 4.79 Å². The van der Waals surface area contributed by atoms with Gasteiger partial charge >= 0.3 is 5.97 Å². The summed E-state index contributed by atoms with van der Waals surface area (Å²) in [5.74, 6) is -1.70. The molecular weight excluding hydrogens is 228 g/mol. The average Bonchev–Trinajstić information content (AvgIpc) is 2.22. The van der Waals surface area contributed by atoms with Crippen LogP contribution in [0.25, 0.3) is 0 Å². The number of unbranched alkanes of at least 4 members (excludes halogenated alkanes) is 5. The second-order valence-electron chi connectivity index (χ2n) is 4.18. The summed E-state index contributed by atoms with van der Waals surface area (Å²) < 4.78 is 0. The van der Waals surface area contributed by atoms with Crippen molar-refractivity contribution in [3.05, 3.63) is 0 Å². The van der Waals surface area contributed by atoms with Gasteiger partial charge in [-0.15, -0.1) is 0 Å². The van der Waals surface area contributed by atoms with E-state index in [1.807, 2.05) is 0 Å². The van der Waals surface area contributed by atoms with Gasteiger partial charge in [-0.3, -0.25) is 4.79 Å². The number of ketones is 1. The molecule has 4 heteroatoms. The molecule has 0 aromatic rings. The Balaban J connectivity index is 3.88. The summed E-state index contributed by atoms with van der Waals surface area (Å²) in [6.45, 7) is 3.38. The Morgan fingerprint density at radius 3 is 2.06 bits per heavy atom. The van der Waals surface area contributed by atoms with E-state index in [4.69, 9.17) is 16.7 Å². The molecule has 0 radical (unpaired) electrons. The molecule has 0 saturated heterocycles. The summed E-state index contributed by atoms with van der Waals surface area (Å²) in [7, 11) is 0. The third-order valence-electron chi connectivity index (χ3n) is 2.77. The molecule has 0 aromatic carbocycles. The van der Waals surface area contributed by atoms with E-state index in [1.54, 1.807) is 0 Å². The van der Waals surface area contributed by atoms with Crippen molar-refractivity contribution < 1.29 is 14.7 Å². The van der Waals surface area contributed by atoms with Crippen LogP contribution in [-0.4, -0.2) is 21.7 Å². The fourth-order valence-corrected chi connectivity index (χ4v) is 1.72. The van der Waals surface area contributed by atoms with Crippen LogP contribution in [0.2, 0.25) is 0 Å². The molecule has 1 atom stereocenters. The van der Waals surface area contributed by atoms with Crippen molar-refractivity contribution in [3.8, 4) is 0 Å². The van der Waals surface area contributed by atoms with Gasteiger partial charge in [-0.05, 0) is 13.3 Å². The Hall–Kier alpha value is -0.570. The van der Waals surface area contributed by atoms with Crippen molar-refractivity contribution in [2.75, 3.05) is 0 Å². The highest BCUT2D eigenvalue weighted by Gasteiger charge is 2.40. The molecule has 94 valence electrons.